The number of nitrogens with one attached hydrogen (secondary N) is 2. The van der Waals surface area contributed by atoms with Crippen molar-refractivity contribution in [3.05, 3.63) is 138 Å². The van der Waals surface area contributed by atoms with Gasteiger partial charge in [-0.3, -0.25) is 9.59 Å². The zero-order valence-electron chi connectivity index (χ0n) is 19.7. The minimum absolute atomic E-state index is 0.245. The molecule has 0 aliphatic heterocycles. The molecule has 182 valence electrons. The molecule has 0 aromatic heterocycles. The van der Waals surface area contributed by atoms with Gasteiger partial charge in [-0.05, 0) is 48.0 Å². The summed E-state index contributed by atoms with van der Waals surface area (Å²) in [5.74, 6) is -1.10. The van der Waals surface area contributed by atoms with Crippen LogP contribution in [0.4, 0.5) is 5.69 Å². The molecule has 0 atom stereocenters. The van der Waals surface area contributed by atoms with Gasteiger partial charge >= 0.3 is 5.97 Å². The summed E-state index contributed by atoms with van der Waals surface area (Å²) in [5, 5.41) is 6.77. The number of hydrogen-bond donors (Lipinski definition) is 2. The van der Waals surface area contributed by atoms with Crippen LogP contribution in [0.15, 0.2) is 120 Å². The number of carbonyl (C=O) groups excluding carboxylic acids is 3. The summed E-state index contributed by atoms with van der Waals surface area (Å²) >= 11 is 0. The van der Waals surface area contributed by atoms with Crippen molar-refractivity contribution in [2.75, 3.05) is 5.32 Å². The van der Waals surface area contributed by atoms with E-state index in [0.717, 1.165) is 5.56 Å². The van der Waals surface area contributed by atoms with E-state index in [1.54, 1.807) is 78.9 Å². The molecule has 7 heteroatoms. The Morgan fingerprint density at radius 1 is 0.703 bits per heavy atom. The Labute approximate surface area is 214 Å². The SMILES string of the molecule is O=C(/C=C/c1ccccc1)Oc1ccccc1/C=N\NC(=O)c1ccccc1NC(=O)c1ccccc1. The molecule has 0 spiro atoms. The van der Waals surface area contributed by atoms with Gasteiger partial charge in [0.15, 0.2) is 0 Å². The molecule has 2 amide bonds. The molecule has 0 radical (unpaired) electrons. The Morgan fingerprint density at radius 3 is 2.14 bits per heavy atom. The Balaban J connectivity index is 1.41. The lowest BCUT2D eigenvalue weighted by molar-refractivity contribution is -0.128. The highest BCUT2D eigenvalue weighted by atomic mass is 16.5. The molecule has 0 fully saturated rings. The number of para-hydroxylation sites is 2. The van der Waals surface area contributed by atoms with Gasteiger partial charge in [-0.1, -0.05) is 72.8 Å². The number of nitrogens with zero attached hydrogens (tertiary/aromatic N) is 1. The van der Waals surface area contributed by atoms with Gasteiger partial charge < -0.3 is 10.1 Å². The number of rotatable bonds is 8. The fourth-order valence-corrected chi connectivity index (χ4v) is 3.35. The second kappa shape index (κ2) is 12.4. The quantitative estimate of drug-likeness (QED) is 0.115. The van der Waals surface area contributed by atoms with E-state index in [1.807, 2.05) is 36.4 Å². The molecule has 0 heterocycles. The highest BCUT2D eigenvalue weighted by Gasteiger charge is 2.14. The highest BCUT2D eigenvalue weighted by molar-refractivity contribution is 6.09. The van der Waals surface area contributed by atoms with E-state index in [4.69, 9.17) is 4.74 Å². The summed E-state index contributed by atoms with van der Waals surface area (Å²) in [7, 11) is 0. The third kappa shape index (κ3) is 7.10. The first-order valence-electron chi connectivity index (χ1n) is 11.4. The molecule has 2 N–H and O–H groups in total. The minimum atomic E-state index is -0.545. The summed E-state index contributed by atoms with van der Waals surface area (Å²) in [6, 6.07) is 31.5. The number of anilines is 1. The number of ether oxygens (including phenoxy) is 1. The fraction of sp³-hybridized carbons (Fsp3) is 0. The van der Waals surface area contributed by atoms with Gasteiger partial charge in [0.1, 0.15) is 5.75 Å². The second-order valence-corrected chi connectivity index (χ2v) is 7.77. The summed E-state index contributed by atoms with van der Waals surface area (Å²) < 4.78 is 5.44. The van der Waals surface area contributed by atoms with E-state index in [9.17, 15) is 14.4 Å². The number of hydrogen-bond acceptors (Lipinski definition) is 5. The van der Waals surface area contributed by atoms with Gasteiger partial charge in [0, 0.05) is 17.2 Å². The molecule has 0 aliphatic rings. The van der Waals surface area contributed by atoms with E-state index >= 15 is 0 Å². The molecule has 4 rings (SSSR count). The maximum atomic E-state index is 12.8. The van der Waals surface area contributed by atoms with Crippen LogP contribution in [0.2, 0.25) is 0 Å². The van der Waals surface area contributed by atoms with Crippen molar-refractivity contribution in [3.8, 4) is 5.75 Å². The van der Waals surface area contributed by atoms with Gasteiger partial charge in [0.05, 0.1) is 17.5 Å². The van der Waals surface area contributed by atoms with Crippen LogP contribution in [-0.2, 0) is 4.79 Å². The topological polar surface area (TPSA) is 96.9 Å². The summed E-state index contributed by atoms with van der Waals surface area (Å²) in [5.41, 5.74) is 4.89. The Bertz CT molecular complexity index is 1450. The Hall–Kier alpha value is -5.30. The Kier molecular flexibility index (Phi) is 8.33. The van der Waals surface area contributed by atoms with E-state index in [2.05, 4.69) is 15.8 Å². The third-order valence-electron chi connectivity index (χ3n) is 5.17. The van der Waals surface area contributed by atoms with Crippen LogP contribution in [0, 0.1) is 0 Å². The first-order chi connectivity index (χ1) is 18.1. The van der Waals surface area contributed by atoms with Gasteiger partial charge in [-0.2, -0.15) is 5.10 Å². The minimum Gasteiger partial charge on any atom is -0.423 e. The van der Waals surface area contributed by atoms with Crippen molar-refractivity contribution in [2.24, 2.45) is 5.10 Å². The monoisotopic (exact) mass is 489 g/mol. The molecule has 7 nitrogen and oxygen atoms in total. The van der Waals surface area contributed by atoms with E-state index < -0.39 is 11.9 Å². The predicted octanol–water partition coefficient (Wildman–Crippen LogP) is 5.32. The maximum absolute atomic E-state index is 12.8. The van der Waals surface area contributed by atoms with Crippen molar-refractivity contribution in [3.63, 3.8) is 0 Å². The molecule has 37 heavy (non-hydrogen) atoms. The van der Waals surface area contributed by atoms with Crippen molar-refractivity contribution in [2.45, 2.75) is 0 Å². The van der Waals surface area contributed by atoms with E-state index in [1.165, 1.54) is 12.3 Å². The molecule has 0 saturated carbocycles. The number of esters is 1. The largest absolute Gasteiger partial charge is 0.423 e. The summed E-state index contributed by atoms with van der Waals surface area (Å²) in [6.07, 6.45) is 4.38. The van der Waals surface area contributed by atoms with E-state index in [-0.39, 0.29) is 11.5 Å². The van der Waals surface area contributed by atoms with Crippen molar-refractivity contribution in [1.29, 1.82) is 0 Å². The van der Waals surface area contributed by atoms with Gasteiger partial charge in [-0.25, -0.2) is 10.2 Å². The van der Waals surface area contributed by atoms with Crippen LogP contribution in [0.5, 0.6) is 5.75 Å². The maximum Gasteiger partial charge on any atom is 0.336 e. The van der Waals surface area contributed by atoms with Crippen molar-refractivity contribution < 1.29 is 19.1 Å². The van der Waals surface area contributed by atoms with Crippen molar-refractivity contribution >= 4 is 35.8 Å². The van der Waals surface area contributed by atoms with Crippen LogP contribution in [0.25, 0.3) is 6.08 Å². The number of benzene rings is 4. The average molecular weight is 490 g/mol. The number of amides is 2. The molecule has 4 aromatic rings. The van der Waals surface area contributed by atoms with E-state index in [0.29, 0.717) is 22.6 Å². The zero-order chi connectivity index (χ0) is 25.9. The molecular weight excluding hydrogens is 466 g/mol. The van der Waals surface area contributed by atoms with Crippen LogP contribution < -0.4 is 15.5 Å². The third-order valence-corrected chi connectivity index (χ3v) is 5.17. The Morgan fingerprint density at radius 2 is 1.35 bits per heavy atom. The van der Waals surface area contributed by atoms with Gasteiger partial charge in [-0.15, -0.1) is 0 Å². The first-order valence-corrected chi connectivity index (χ1v) is 11.4. The smallest absolute Gasteiger partial charge is 0.336 e. The lowest BCUT2D eigenvalue weighted by Crippen LogP contribution is -2.21. The second-order valence-electron chi connectivity index (χ2n) is 7.77. The molecule has 0 saturated heterocycles. The molecule has 4 aromatic carbocycles. The first kappa shape index (κ1) is 24.8. The number of hydrazone groups is 1. The standard InChI is InChI=1S/C30H23N3O4/c34-28(20-19-22-11-3-1-4-12-22)37-27-18-10-7-15-24(27)21-31-33-30(36)25-16-8-9-17-26(25)32-29(35)23-13-5-2-6-14-23/h1-21H,(H,32,35)(H,33,36)/b20-19+,31-21-. The lowest BCUT2D eigenvalue weighted by Gasteiger charge is -2.10. The van der Waals surface area contributed by atoms with Crippen LogP contribution in [0.3, 0.4) is 0 Å². The van der Waals surface area contributed by atoms with Crippen LogP contribution >= 0.6 is 0 Å². The van der Waals surface area contributed by atoms with Crippen molar-refractivity contribution in [1.82, 2.24) is 5.43 Å². The van der Waals surface area contributed by atoms with Gasteiger partial charge in [0.2, 0.25) is 0 Å². The molecule has 0 bridgehead atoms. The molecule has 0 unspecified atom stereocenters. The highest BCUT2D eigenvalue weighted by Crippen LogP contribution is 2.18. The lowest BCUT2D eigenvalue weighted by atomic mass is 10.1. The summed E-state index contributed by atoms with van der Waals surface area (Å²) in [6.45, 7) is 0. The molecular formula is C30H23N3O4. The van der Waals surface area contributed by atoms with Crippen LogP contribution in [0.1, 0.15) is 31.8 Å². The van der Waals surface area contributed by atoms with Crippen LogP contribution in [-0.4, -0.2) is 24.0 Å². The predicted molar refractivity (Wildman–Crippen MR) is 143 cm³/mol. The molecule has 0 aliphatic carbocycles. The zero-order valence-corrected chi connectivity index (χ0v) is 19.7. The normalized spacial score (nSPS) is 10.8. The fourth-order valence-electron chi connectivity index (χ4n) is 3.35. The van der Waals surface area contributed by atoms with Gasteiger partial charge in [0.25, 0.3) is 11.8 Å². The summed E-state index contributed by atoms with van der Waals surface area (Å²) in [4.78, 5) is 37.6. The number of carbonyl (C=O) groups is 3. The average Bonchev–Trinajstić information content (AvgIpc) is 2.94.